The van der Waals surface area contributed by atoms with Crippen LogP contribution in [0.15, 0.2) is 16.7 Å². The van der Waals surface area contributed by atoms with Crippen LogP contribution in [-0.2, 0) is 0 Å². The highest BCUT2D eigenvalue weighted by molar-refractivity contribution is 9.10. The van der Waals surface area contributed by atoms with Gasteiger partial charge in [0.1, 0.15) is 5.69 Å². The Labute approximate surface area is 129 Å². The van der Waals surface area contributed by atoms with Gasteiger partial charge in [-0.2, -0.15) is 0 Å². The molecule has 2 heterocycles. The molecular formula is C15H24BrN3O. The highest BCUT2D eigenvalue weighted by Gasteiger charge is 2.35. The van der Waals surface area contributed by atoms with E-state index in [0.29, 0.717) is 12.0 Å². The van der Waals surface area contributed by atoms with Gasteiger partial charge in [0.25, 0.3) is 5.91 Å². The molecule has 2 rings (SSSR count). The van der Waals surface area contributed by atoms with Gasteiger partial charge in [-0.25, -0.2) is 0 Å². The van der Waals surface area contributed by atoms with E-state index in [9.17, 15) is 4.79 Å². The maximum absolute atomic E-state index is 12.8. The first-order valence-electron chi connectivity index (χ1n) is 7.14. The highest BCUT2D eigenvalue weighted by Crippen LogP contribution is 2.25. The highest BCUT2D eigenvalue weighted by atomic mass is 79.9. The number of halogens is 1. The Morgan fingerprint density at radius 1 is 1.40 bits per heavy atom. The number of likely N-dealkylation sites (tertiary alicyclic amines) is 1. The minimum Gasteiger partial charge on any atom is -0.340 e. The zero-order chi connectivity index (χ0) is 15.0. The van der Waals surface area contributed by atoms with E-state index in [1.807, 2.05) is 21.7 Å². The molecule has 0 aromatic carbocycles. The van der Waals surface area contributed by atoms with Crippen molar-refractivity contribution >= 4 is 21.8 Å². The molecule has 1 aromatic heterocycles. The van der Waals surface area contributed by atoms with Crippen molar-refractivity contribution in [2.45, 2.75) is 32.9 Å². The van der Waals surface area contributed by atoms with Gasteiger partial charge in [-0.1, -0.05) is 6.92 Å². The number of rotatable bonds is 3. The Morgan fingerprint density at radius 2 is 2.05 bits per heavy atom. The van der Waals surface area contributed by atoms with Crippen LogP contribution in [-0.4, -0.2) is 53.5 Å². The van der Waals surface area contributed by atoms with Gasteiger partial charge in [-0.15, -0.1) is 0 Å². The standard InChI is InChI=1S/C15H24BrN3O/c1-10(2)19-8-12(16)6-13(19)15(20)18-7-11(3)14(9-18)17(4)5/h6,8,10-11,14H,7,9H2,1-5H3/t11-,14+/m0/s1. The third-order valence-electron chi connectivity index (χ3n) is 4.11. The third-order valence-corrected chi connectivity index (χ3v) is 4.55. The molecule has 20 heavy (non-hydrogen) atoms. The number of carbonyl (C=O) groups excluding carboxylic acids is 1. The largest absolute Gasteiger partial charge is 0.340 e. The van der Waals surface area contributed by atoms with E-state index >= 15 is 0 Å². The second-order valence-corrected chi connectivity index (χ2v) is 7.18. The average Bonchev–Trinajstić information content (AvgIpc) is 2.91. The van der Waals surface area contributed by atoms with Crippen molar-refractivity contribution in [1.29, 1.82) is 0 Å². The summed E-state index contributed by atoms with van der Waals surface area (Å²) in [6, 6.07) is 2.66. The molecule has 2 atom stereocenters. The Morgan fingerprint density at radius 3 is 2.55 bits per heavy atom. The van der Waals surface area contributed by atoms with Gasteiger partial charge in [0.15, 0.2) is 0 Å². The van der Waals surface area contributed by atoms with E-state index in [0.717, 1.165) is 23.3 Å². The van der Waals surface area contributed by atoms with E-state index in [1.165, 1.54) is 0 Å². The lowest BCUT2D eigenvalue weighted by atomic mass is 10.1. The molecule has 1 aliphatic rings. The molecule has 0 spiro atoms. The maximum Gasteiger partial charge on any atom is 0.270 e. The Balaban J connectivity index is 2.21. The summed E-state index contributed by atoms with van der Waals surface area (Å²) >= 11 is 3.48. The van der Waals surface area contributed by atoms with Crippen molar-refractivity contribution in [2.75, 3.05) is 27.2 Å². The fraction of sp³-hybridized carbons (Fsp3) is 0.667. The van der Waals surface area contributed by atoms with Gasteiger partial charge < -0.3 is 14.4 Å². The molecule has 0 aliphatic carbocycles. The summed E-state index contributed by atoms with van der Waals surface area (Å²) in [4.78, 5) is 17.0. The summed E-state index contributed by atoms with van der Waals surface area (Å²) in [5.41, 5.74) is 0.776. The van der Waals surface area contributed by atoms with Gasteiger partial charge in [-0.05, 0) is 55.9 Å². The molecule has 0 bridgehead atoms. The van der Waals surface area contributed by atoms with Crippen molar-refractivity contribution in [3.63, 3.8) is 0 Å². The zero-order valence-electron chi connectivity index (χ0n) is 12.9. The van der Waals surface area contributed by atoms with Crippen molar-refractivity contribution in [2.24, 2.45) is 5.92 Å². The minimum atomic E-state index is 0.139. The topological polar surface area (TPSA) is 28.5 Å². The van der Waals surface area contributed by atoms with Crippen LogP contribution >= 0.6 is 15.9 Å². The summed E-state index contributed by atoms with van der Waals surface area (Å²) in [6.45, 7) is 8.06. The molecule has 5 heteroatoms. The summed E-state index contributed by atoms with van der Waals surface area (Å²) < 4.78 is 3.01. The van der Waals surface area contributed by atoms with Crippen LogP contribution < -0.4 is 0 Å². The van der Waals surface area contributed by atoms with Gasteiger partial charge in [0.05, 0.1) is 0 Å². The summed E-state index contributed by atoms with van der Waals surface area (Å²) in [5.74, 6) is 0.653. The minimum absolute atomic E-state index is 0.139. The zero-order valence-corrected chi connectivity index (χ0v) is 14.5. The summed E-state index contributed by atoms with van der Waals surface area (Å²) in [5, 5.41) is 0. The second-order valence-electron chi connectivity index (χ2n) is 6.26. The normalized spacial score (nSPS) is 23.1. The molecule has 1 aromatic rings. The molecule has 0 unspecified atom stereocenters. The lowest BCUT2D eigenvalue weighted by molar-refractivity contribution is 0.0769. The van der Waals surface area contributed by atoms with Gasteiger partial charge in [0.2, 0.25) is 0 Å². The summed E-state index contributed by atoms with van der Waals surface area (Å²) in [7, 11) is 4.17. The molecular weight excluding hydrogens is 318 g/mol. The lowest BCUT2D eigenvalue weighted by Crippen LogP contribution is -2.36. The molecule has 1 fully saturated rings. The first-order chi connectivity index (χ1) is 9.31. The maximum atomic E-state index is 12.8. The fourth-order valence-electron chi connectivity index (χ4n) is 2.99. The molecule has 112 valence electrons. The van der Waals surface area contributed by atoms with Crippen LogP contribution in [0.5, 0.6) is 0 Å². The van der Waals surface area contributed by atoms with Crippen LogP contribution in [0.3, 0.4) is 0 Å². The molecule has 0 radical (unpaired) electrons. The van der Waals surface area contributed by atoms with Gasteiger partial charge in [-0.3, -0.25) is 4.79 Å². The first-order valence-corrected chi connectivity index (χ1v) is 7.93. The number of aromatic nitrogens is 1. The number of amides is 1. The van der Waals surface area contributed by atoms with Crippen LogP contribution in [0.4, 0.5) is 0 Å². The average molecular weight is 342 g/mol. The smallest absolute Gasteiger partial charge is 0.270 e. The van der Waals surface area contributed by atoms with Crippen LogP contribution in [0.1, 0.15) is 37.3 Å². The molecule has 0 N–H and O–H groups in total. The molecule has 4 nitrogen and oxygen atoms in total. The van der Waals surface area contributed by atoms with Crippen LogP contribution in [0, 0.1) is 5.92 Å². The summed E-state index contributed by atoms with van der Waals surface area (Å²) in [6.07, 6.45) is 1.99. The SMILES string of the molecule is CC(C)n1cc(Br)cc1C(=O)N1C[C@@H](N(C)C)[C@@H](C)C1. The van der Waals surface area contributed by atoms with E-state index in [4.69, 9.17) is 0 Å². The third kappa shape index (κ3) is 2.93. The van der Waals surface area contributed by atoms with Crippen molar-refractivity contribution in [3.8, 4) is 0 Å². The number of hydrogen-bond acceptors (Lipinski definition) is 2. The van der Waals surface area contributed by atoms with Gasteiger partial charge in [0, 0.05) is 35.8 Å². The van der Waals surface area contributed by atoms with E-state index in [2.05, 4.69) is 55.7 Å². The van der Waals surface area contributed by atoms with Crippen molar-refractivity contribution in [1.82, 2.24) is 14.4 Å². The fourth-order valence-corrected chi connectivity index (χ4v) is 3.43. The predicted octanol–water partition coefficient (Wildman–Crippen LogP) is 2.85. The molecule has 1 amide bonds. The lowest BCUT2D eigenvalue weighted by Gasteiger charge is -2.22. The number of likely N-dealkylation sites (N-methyl/N-ethyl adjacent to an activating group) is 1. The van der Waals surface area contributed by atoms with Crippen LogP contribution in [0.25, 0.3) is 0 Å². The van der Waals surface area contributed by atoms with Crippen molar-refractivity contribution in [3.05, 3.63) is 22.4 Å². The van der Waals surface area contributed by atoms with Crippen LogP contribution in [0.2, 0.25) is 0 Å². The Bertz CT molecular complexity index is 495. The van der Waals surface area contributed by atoms with E-state index < -0.39 is 0 Å². The van der Waals surface area contributed by atoms with E-state index in [1.54, 1.807) is 0 Å². The molecule has 1 aliphatic heterocycles. The molecule has 0 saturated carbocycles. The van der Waals surface area contributed by atoms with E-state index in [-0.39, 0.29) is 11.9 Å². The monoisotopic (exact) mass is 341 g/mol. The first kappa shape index (κ1) is 15.6. The quantitative estimate of drug-likeness (QED) is 0.845. The Hall–Kier alpha value is -0.810. The van der Waals surface area contributed by atoms with Crippen molar-refractivity contribution < 1.29 is 4.79 Å². The Kier molecular flexibility index (Phi) is 4.59. The second kappa shape index (κ2) is 5.90. The number of hydrogen-bond donors (Lipinski definition) is 0. The van der Waals surface area contributed by atoms with Gasteiger partial charge >= 0.3 is 0 Å². The number of nitrogens with zero attached hydrogens (tertiary/aromatic N) is 3. The number of carbonyl (C=O) groups is 1. The molecule has 1 saturated heterocycles. The predicted molar refractivity (Wildman–Crippen MR) is 85.1 cm³/mol.